The lowest BCUT2D eigenvalue weighted by Gasteiger charge is -2.19. The lowest BCUT2D eigenvalue weighted by molar-refractivity contribution is -0.118. The van der Waals surface area contributed by atoms with Gasteiger partial charge in [-0.2, -0.15) is 0 Å². The summed E-state index contributed by atoms with van der Waals surface area (Å²) in [6.07, 6.45) is 0. The Kier molecular flexibility index (Phi) is 5.74. The fourth-order valence-electron chi connectivity index (χ4n) is 3.58. The number of anilines is 1. The summed E-state index contributed by atoms with van der Waals surface area (Å²) in [6, 6.07) is 17.8. The van der Waals surface area contributed by atoms with Gasteiger partial charge in [-0.15, -0.1) is 11.3 Å². The molecule has 0 radical (unpaired) electrons. The van der Waals surface area contributed by atoms with E-state index < -0.39 is 0 Å². The van der Waals surface area contributed by atoms with Crippen LogP contribution in [0.25, 0.3) is 11.3 Å². The zero-order valence-electron chi connectivity index (χ0n) is 17.6. The Morgan fingerprint density at radius 2 is 1.97 bits per heavy atom. The molecule has 1 aromatic heterocycles. The molecule has 1 aliphatic heterocycles. The van der Waals surface area contributed by atoms with E-state index in [1.54, 1.807) is 12.1 Å². The number of hydrogen-bond donors (Lipinski definition) is 1. The van der Waals surface area contributed by atoms with Crippen molar-refractivity contribution in [1.29, 1.82) is 0 Å². The van der Waals surface area contributed by atoms with Gasteiger partial charge in [0.25, 0.3) is 5.91 Å². The lowest BCUT2D eigenvalue weighted by Crippen LogP contribution is -2.25. The molecule has 2 heterocycles. The van der Waals surface area contributed by atoms with Crippen LogP contribution in [-0.4, -0.2) is 17.1 Å². The SMILES string of the molecule is Cc1ccc(N=c2scc(-c3ccc4c(c3)NC(=O)CO4)n2Cc2ccc(F)cc2)cc1Cl. The highest BCUT2D eigenvalue weighted by Crippen LogP contribution is 2.33. The summed E-state index contributed by atoms with van der Waals surface area (Å²) >= 11 is 7.80. The Morgan fingerprint density at radius 1 is 1.15 bits per heavy atom. The third-order valence-electron chi connectivity index (χ3n) is 5.34. The lowest BCUT2D eigenvalue weighted by atomic mass is 10.1. The van der Waals surface area contributed by atoms with Crippen molar-refractivity contribution in [1.82, 2.24) is 4.57 Å². The summed E-state index contributed by atoms with van der Waals surface area (Å²) in [4.78, 5) is 17.4. The number of aromatic nitrogens is 1. The Morgan fingerprint density at radius 3 is 2.76 bits per heavy atom. The molecule has 3 aromatic carbocycles. The zero-order chi connectivity index (χ0) is 22.9. The molecule has 0 saturated heterocycles. The van der Waals surface area contributed by atoms with E-state index in [-0.39, 0.29) is 18.3 Å². The van der Waals surface area contributed by atoms with Gasteiger partial charge < -0.3 is 14.6 Å². The normalized spacial score (nSPS) is 13.4. The van der Waals surface area contributed by atoms with Gasteiger partial charge in [0.15, 0.2) is 11.4 Å². The first-order chi connectivity index (χ1) is 16.0. The molecule has 166 valence electrons. The van der Waals surface area contributed by atoms with Crippen LogP contribution in [0.3, 0.4) is 0 Å². The van der Waals surface area contributed by atoms with Gasteiger partial charge >= 0.3 is 0 Å². The molecule has 0 bridgehead atoms. The van der Waals surface area contributed by atoms with Crippen LogP contribution in [0.4, 0.5) is 15.8 Å². The van der Waals surface area contributed by atoms with Crippen molar-refractivity contribution >= 4 is 40.2 Å². The van der Waals surface area contributed by atoms with E-state index >= 15 is 0 Å². The number of ether oxygens (including phenoxy) is 1. The zero-order valence-corrected chi connectivity index (χ0v) is 19.2. The van der Waals surface area contributed by atoms with Crippen LogP contribution < -0.4 is 14.9 Å². The summed E-state index contributed by atoms with van der Waals surface area (Å²) in [5, 5.41) is 5.53. The standard InChI is InChI=1S/C25H19ClFN3O2S/c1-15-2-8-19(11-20(15)26)28-25-30(12-16-3-6-18(27)7-4-16)22(14-33-25)17-5-9-23-21(10-17)29-24(31)13-32-23/h2-11,14H,12-13H2,1H3,(H,29,31). The fraction of sp³-hybridized carbons (Fsp3) is 0.120. The molecule has 0 spiro atoms. The summed E-state index contributed by atoms with van der Waals surface area (Å²) in [6.45, 7) is 2.46. The first kappa shape index (κ1) is 21.4. The van der Waals surface area contributed by atoms with E-state index in [1.807, 2.05) is 48.7 Å². The number of nitrogens with zero attached hydrogens (tertiary/aromatic N) is 2. The molecule has 5 nitrogen and oxygen atoms in total. The number of nitrogens with one attached hydrogen (secondary N) is 1. The van der Waals surface area contributed by atoms with Crippen LogP contribution in [0.1, 0.15) is 11.1 Å². The molecule has 0 atom stereocenters. The van der Waals surface area contributed by atoms with E-state index in [0.717, 1.165) is 32.9 Å². The monoisotopic (exact) mass is 479 g/mol. The first-order valence-corrected chi connectivity index (χ1v) is 11.5. The molecule has 1 amide bonds. The molecule has 4 aromatic rings. The number of hydrogen-bond acceptors (Lipinski definition) is 4. The third kappa shape index (κ3) is 4.55. The molecule has 0 saturated carbocycles. The van der Waals surface area contributed by atoms with Crippen LogP contribution in [-0.2, 0) is 11.3 Å². The Hall–Kier alpha value is -3.42. The maximum Gasteiger partial charge on any atom is 0.262 e. The van der Waals surface area contributed by atoms with Crippen molar-refractivity contribution in [3.05, 3.63) is 92.8 Å². The minimum Gasteiger partial charge on any atom is -0.482 e. The molecule has 33 heavy (non-hydrogen) atoms. The predicted molar refractivity (Wildman–Crippen MR) is 129 cm³/mol. The smallest absolute Gasteiger partial charge is 0.262 e. The minimum atomic E-state index is -0.279. The highest BCUT2D eigenvalue weighted by molar-refractivity contribution is 7.07. The molecule has 5 rings (SSSR count). The van der Waals surface area contributed by atoms with E-state index in [0.29, 0.717) is 23.0 Å². The van der Waals surface area contributed by atoms with Gasteiger partial charge in [0.2, 0.25) is 0 Å². The quantitative estimate of drug-likeness (QED) is 0.394. The van der Waals surface area contributed by atoms with Crippen LogP contribution in [0.5, 0.6) is 5.75 Å². The van der Waals surface area contributed by atoms with Gasteiger partial charge in [-0.25, -0.2) is 9.38 Å². The number of carbonyl (C=O) groups excluding carboxylic acids is 1. The molecular weight excluding hydrogens is 461 g/mol. The molecule has 1 aliphatic rings. The van der Waals surface area contributed by atoms with Crippen LogP contribution in [0.15, 0.2) is 71.0 Å². The molecule has 0 fully saturated rings. The van der Waals surface area contributed by atoms with Gasteiger partial charge in [-0.1, -0.05) is 29.8 Å². The number of thiazole rings is 1. The molecule has 0 aliphatic carbocycles. The second-order valence-electron chi connectivity index (χ2n) is 7.71. The van der Waals surface area contributed by atoms with Crippen molar-refractivity contribution in [2.24, 2.45) is 4.99 Å². The predicted octanol–water partition coefficient (Wildman–Crippen LogP) is 5.93. The molecule has 1 N–H and O–H groups in total. The summed E-state index contributed by atoms with van der Waals surface area (Å²) in [5.74, 6) is 0.174. The van der Waals surface area contributed by atoms with Crippen LogP contribution >= 0.6 is 22.9 Å². The van der Waals surface area contributed by atoms with E-state index in [1.165, 1.54) is 23.5 Å². The van der Waals surface area contributed by atoms with E-state index in [2.05, 4.69) is 9.88 Å². The average Bonchev–Trinajstić information content (AvgIpc) is 3.19. The Labute approximate surface area is 198 Å². The van der Waals surface area contributed by atoms with Crippen molar-refractivity contribution in [3.63, 3.8) is 0 Å². The summed E-state index contributed by atoms with van der Waals surface area (Å²) in [7, 11) is 0. The van der Waals surface area contributed by atoms with E-state index in [9.17, 15) is 9.18 Å². The largest absolute Gasteiger partial charge is 0.482 e. The van der Waals surface area contributed by atoms with Crippen molar-refractivity contribution in [2.45, 2.75) is 13.5 Å². The van der Waals surface area contributed by atoms with Crippen LogP contribution in [0, 0.1) is 12.7 Å². The van der Waals surface area contributed by atoms with Gasteiger partial charge in [0.1, 0.15) is 11.6 Å². The van der Waals surface area contributed by atoms with Gasteiger partial charge in [0.05, 0.1) is 23.6 Å². The van der Waals surface area contributed by atoms with Crippen molar-refractivity contribution in [3.8, 4) is 17.0 Å². The number of rotatable bonds is 4. The number of fused-ring (bicyclic) bond motifs is 1. The second-order valence-corrected chi connectivity index (χ2v) is 8.95. The number of halogens is 2. The minimum absolute atomic E-state index is 0.0114. The van der Waals surface area contributed by atoms with Gasteiger partial charge in [-0.05, 0) is 60.5 Å². The van der Waals surface area contributed by atoms with Gasteiger partial charge in [0, 0.05) is 16.0 Å². The first-order valence-electron chi connectivity index (χ1n) is 10.3. The highest BCUT2D eigenvalue weighted by atomic mass is 35.5. The van der Waals surface area contributed by atoms with Crippen LogP contribution in [0.2, 0.25) is 5.02 Å². The van der Waals surface area contributed by atoms with Gasteiger partial charge in [-0.3, -0.25) is 4.79 Å². The third-order valence-corrected chi connectivity index (χ3v) is 6.61. The summed E-state index contributed by atoms with van der Waals surface area (Å²) < 4.78 is 21.0. The van der Waals surface area contributed by atoms with E-state index in [4.69, 9.17) is 21.3 Å². The maximum atomic E-state index is 13.5. The topological polar surface area (TPSA) is 55.6 Å². The fourth-order valence-corrected chi connectivity index (χ4v) is 4.68. The number of amides is 1. The number of carbonyl (C=O) groups is 1. The average molecular weight is 480 g/mol. The second kappa shape index (κ2) is 8.84. The van der Waals surface area contributed by atoms with Crippen molar-refractivity contribution in [2.75, 3.05) is 11.9 Å². The molecule has 8 heteroatoms. The molecule has 0 unspecified atom stereocenters. The Bertz CT molecular complexity index is 1430. The maximum absolute atomic E-state index is 13.5. The highest BCUT2D eigenvalue weighted by Gasteiger charge is 2.18. The number of aryl methyl sites for hydroxylation is 1. The summed E-state index contributed by atoms with van der Waals surface area (Å²) in [5.41, 5.74) is 5.13. The van der Waals surface area contributed by atoms with Crippen molar-refractivity contribution < 1.29 is 13.9 Å². The Balaban J connectivity index is 1.63. The molecular formula is C25H19ClFN3O2S. The number of benzene rings is 3.